The summed E-state index contributed by atoms with van der Waals surface area (Å²) in [6, 6.07) is 14.2. The minimum atomic E-state index is -2.85. The zero-order valence-corrected chi connectivity index (χ0v) is 16.8. The first kappa shape index (κ1) is 21.4. The van der Waals surface area contributed by atoms with Crippen molar-refractivity contribution < 1.29 is 18.3 Å². The summed E-state index contributed by atoms with van der Waals surface area (Å²) in [5.41, 5.74) is 2.95. The molecule has 0 saturated heterocycles. The van der Waals surface area contributed by atoms with Crippen molar-refractivity contribution in [2.45, 2.75) is 39.3 Å². The summed E-state index contributed by atoms with van der Waals surface area (Å²) in [5.74, 6) is 0.760. The molecule has 0 saturated carbocycles. The van der Waals surface area contributed by atoms with Crippen LogP contribution in [0.4, 0.5) is 8.78 Å². The number of benzene rings is 2. The van der Waals surface area contributed by atoms with Crippen LogP contribution in [0, 0.1) is 0 Å². The van der Waals surface area contributed by atoms with Crippen LogP contribution in [0.3, 0.4) is 0 Å². The number of hydrogen-bond acceptors (Lipinski definition) is 5. The number of nitrogens with zero attached hydrogens (tertiary/aromatic N) is 4. The van der Waals surface area contributed by atoms with Crippen molar-refractivity contribution in [1.29, 1.82) is 0 Å². The van der Waals surface area contributed by atoms with Crippen LogP contribution in [-0.2, 0) is 17.8 Å². The Kier molecular flexibility index (Phi) is 7.05. The summed E-state index contributed by atoms with van der Waals surface area (Å²) >= 11 is 0. The number of ether oxygens (including phenoxy) is 1. The topological polar surface area (TPSA) is 81.9 Å². The fourth-order valence-corrected chi connectivity index (χ4v) is 2.81. The second kappa shape index (κ2) is 9.91. The van der Waals surface area contributed by atoms with Crippen molar-refractivity contribution in [2.24, 2.45) is 0 Å². The minimum Gasteiger partial charge on any atom is -0.435 e. The van der Waals surface area contributed by atoms with Crippen LogP contribution >= 0.6 is 0 Å². The van der Waals surface area contributed by atoms with E-state index in [4.69, 9.17) is 0 Å². The van der Waals surface area contributed by atoms with Crippen LogP contribution in [0.15, 0.2) is 48.5 Å². The van der Waals surface area contributed by atoms with Gasteiger partial charge in [-0.1, -0.05) is 50.2 Å². The molecule has 1 heterocycles. The van der Waals surface area contributed by atoms with Gasteiger partial charge in [0.15, 0.2) is 0 Å². The largest absolute Gasteiger partial charge is 0.435 e. The highest BCUT2D eigenvalue weighted by Crippen LogP contribution is 2.19. The van der Waals surface area contributed by atoms with Crippen LogP contribution < -0.4 is 10.1 Å². The van der Waals surface area contributed by atoms with Crippen molar-refractivity contribution in [1.82, 2.24) is 25.5 Å². The Morgan fingerprint density at radius 1 is 1.10 bits per heavy atom. The van der Waals surface area contributed by atoms with E-state index in [1.807, 2.05) is 24.3 Å². The fourth-order valence-electron chi connectivity index (χ4n) is 2.81. The molecule has 0 unspecified atom stereocenters. The lowest BCUT2D eigenvalue weighted by molar-refractivity contribution is -0.122. The first-order valence-electron chi connectivity index (χ1n) is 9.59. The maximum atomic E-state index is 12.1. The van der Waals surface area contributed by atoms with Gasteiger partial charge in [0.1, 0.15) is 12.3 Å². The standard InChI is InChI=1S/C21H23F2N5O2/c1-14(2)16-5-7-17(8-6-16)20-25-27-28(26-20)13-19(29)24-12-11-15-3-9-18(10-4-15)30-21(22)23/h3-10,14,21H,11-13H2,1-2H3,(H,24,29). The molecule has 0 spiro atoms. The van der Waals surface area contributed by atoms with Gasteiger partial charge in [0.2, 0.25) is 11.7 Å². The van der Waals surface area contributed by atoms with Gasteiger partial charge in [-0.25, -0.2) is 0 Å². The van der Waals surface area contributed by atoms with Crippen molar-refractivity contribution in [3.05, 3.63) is 59.7 Å². The quantitative estimate of drug-likeness (QED) is 0.579. The average Bonchev–Trinajstić information content (AvgIpc) is 3.17. The Bertz CT molecular complexity index is 956. The third kappa shape index (κ3) is 6.07. The maximum Gasteiger partial charge on any atom is 0.387 e. The molecule has 1 N–H and O–H groups in total. The highest BCUT2D eigenvalue weighted by molar-refractivity contribution is 5.75. The fraction of sp³-hybridized carbons (Fsp3) is 0.333. The predicted octanol–water partition coefficient (Wildman–Crippen LogP) is 3.42. The van der Waals surface area contributed by atoms with Gasteiger partial charge in [0, 0.05) is 12.1 Å². The second-order valence-electron chi connectivity index (χ2n) is 7.04. The molecule has 0 atom stereocenters. The third-order valence-electron chi connectivity index (χ3n) is 4.46. The third-order valence-corrected chi connectivity index (χ3v) is 4.46. The van der Waals surface area contributed by atoms with Gasteiger partial charge >= 0.3 is 6.61 Å². The lowest BCUT2D eigenvalue weighted by atomic mass is 10.0. The molecule has 7 nitrogen and oxygen atoms in total. The summed E-state index contributed by atoms with van der Waals surface area (Å²) in [6.07, 6.45) is 0.554. The molecule has 1 aromatic heterocycles. The summed E-state index contributed by atoms with van der Waals surface area (Å²) in [6.45, 7) is 1.75. The zero-order chi connectivity index (χ0) is 21.5. The molecule has 2 aromatic carbocycles. The SMILES string of the molecule is CC(C)c1ccc(-c2nnn(CC(=O)NCCc3ccc(OC(F)F)cc3)n2)cc1. The molecule has 3 rings (SSSR count). The Labute approximate surface area is 173 Å². The molecule has 9 heteroatoms. The predicted molar refractivity (Wildman–Crippen MR) is 107 cm³/mol. The van der Waals surface area contributed by atoms with E-state index in [1.165, 1.54) is 22.5 Å². The molecule has 0 aliphatic carbocycles. The van der Waals surface area contributed by atoms with E-state index in [0.29, 0.717) is 24.7 Å². The Balaban J connectivity index is 1.46. The van der Waals surface area contributed by atoms with E-state index >= 15 is 0 Å². The number of nitrogens with one attached hydrogen (secondary N) is 1. The summed E-state index contributed by atoms with van der Waals surface area (Å²) in [4.78, 5) is 13.3. The molecular formula is C21H23F2N5O2. The number of alkyl halides is 2. The molecular weight excluding hydrogens is 392 g/mol. The van der Waals surface area contributed by atoms with Gasteiger partial charge in [-0.05, 0) is 40.8 Å². The van der Waals surface area contributed by atoms with Crippen LogP contribution in [0.1, 0.15) is 30.9 Å². The zero-order valence-electron chi connectivity index (χ0n) is 16.8. The molecule has 1 amide bonds. The van der Waals surface area contributed by atoms with Gasteiger partial charge in [-0.2, -0.15) is 13.6 Å². The average molecular weight is 415 g/mol. The molecule has 158 valence electrons. The Hall–Kier alpha value is -3.36. The van der Waals surface area contributed by atoms with E-state index in [1.54, 1.807) is 12.1 Å². The summed E-state index contributed by atoms with van der Waals surface area (Å²) in [7, 11) is 0. The van der Waals surface area contributed by atoms with Gasteiger partial charge in [0.25, 0.3) is 0 Å². The van der Waals surface area contributed by atoms with E-state index in [2.05, 4.69) is 39.3 Å². The molecule has 0 radical (unpaired) electrons. The smallest absolute Gasteiger partial charge is 0.387 e. The van der Waals surface area contributed by atoms with E-state index in [0.717, 1.165) is 11.1 Å². The number of halogens is 2. The van der Waals surface area contributed by atoms with Gasteiger partial charge in [0.05, 0.1) is 0 Å². The highest BCUT2D eigenvalue weighted by atomic mass is 19.3. The normalized spacial score (nSPS) is 11.1. The van der Waals surface area contributed by atoms with Crippen LogP contribution in [0.5, 0.6) is 5.75 Å². The molecule has 0 aliphatic heterocycles. The van der Waals surface area contributed by atoms with Crippen molar-refractivity contribution in [3.8, 4) is 17.1 Å². The minimum absolute atomic E-state index is 0.0434. The van der Waals surface area contributed by atoms with Crippen LogP contribution in [0.25, 0.3) is 11.4 Å². The maximum absolute atomic E-state index is 12.1. The van der Waals surface area contributed by atoms with Crippen molar-refractivity contribution in [3.63, 3.8) is 0 Å². The lowest BCUT2D eigenvalue weighted by Crippen LogP contribution is -2.30. The summed E-state index contributed by atoms with van der Waals surface area (Å²) < 4.78 is 28.6. The number of tetrazole rings is 1. The Morgan fingerprint density at radius 2 is 1.80 bits per heavy atom. The monoisotopic (exact) mass is 415 g/mol. The van der Waals surface area contributed by atoms with Crippen LogP contribution in [-0.4, -0.2) is 39.3 Å². The number of rotatable bonds is 9. The number of hydrogen-bond donors (Lipinski definition) is 1. The lowest BCUT2D eigenvalue weighted by Gasteiger charge is -2.07. The summed E-state index contributed by atoms with van der Waals surface area (Å²) in [5, 5.41) is 15.0. The van der Waals surface area contributed by atoms with Gasteiger partial charge in [-0.3, -0.25) is 4.79 Å². The van der Waals surface area contributed by atoms with E-state index in [9.17, 15) is 13.6 Å². The first-order valence-corrected chi connectivity index (χ1v) is 9.59. The first-order chi connectivity index (χ1) is 14.4. The van der Waals surface area contributed by atoms with E-state index < -0.39 is 6.61 Å². The highest BCUT2D eigenvalue weighted by Gasteiger charge is 2.10. The number of amides is 1. The van der Waals surface area contributed by atoms with Crippen molar-refractivity contribution >= 4 is 5.91 Å². The molecule has 0 fully saturated rings. The van der Waals surface area contributed by atoms with Gasteiger partial charge < -0.3 is 10.1 Å². The molecule has 3 aromatic rings. The molecule has 0 bridgehead atoms. The molecule has 30 heavy (non-hydrogen) atoms. The number of carbonyl (C=O) groups excluding carboxylic acids is 1. The molecule has 0 aliphatic rings. The Morgan fingerprint density at radius 3 is 2.43 bits per heavy atom. The van der Waals surface area contributed by atoms with Gasteiger partial charge in [-0.15, -0.1) is 10.2 Å². The number of aromatic nitrogens is 4. The van der Waals surface area contributed by atoms with Crippen LogP contribution in [0.2, 0.25) is 0 Å². The van der Waals surface area contributed by atoms with Crippen molar-refractivity contribution in [2.75, 3.05) is 6.54 Å². The number of carbonyl (C=O) groups is 1. The second-order valence-corrected chi connectivity index (χ2v) is 7.04. The van der Waals surface area contributed by atoms with E-state index in [-0.39, 0.29) is 18.2 Å².